The first-order valence-corrected chi connectivity index (χ1v) is 6.72. The minimum Gasteiger partial charge on any atom is -0.309 e. The summed E-state index contributed by atoms with van der Waals surface area (Å²) in [6.07, 6.45) is 3.62. The Morgan fingerprint density at radius 3 is 2.20 bits per heavy atom. The number of nitrogens with zero attached hydrogens (tertiary/aromatic N) is 1. The second kappa shape index (κ2) is 8.23. The van der Waals surface area contributed by atoms with Gasteiger partial charge < -0.3 is 4.90 Å². The van der Waals surface area contributed by atoms with Crippen molar-refractivity contribution in [1.29, 1.82) is 0 Å². The molecule has 0 saturated heterocycles. The fourth-order valence-electron chi connectivity index (χ4n) is 2.01. The van der Waals surface area contributed by atoms with E-state index < -0.39 is 0 Å². The summed E-state index contributed by atoms with van der Waals surface area (Å²) in [4.78, 5) is 14.5. The molecule has 0 N–H and O–H groups in total. The maximum absolute atomic E-state index is 12.4. The van der Waals surface area contributed by atoms with Gasteiger partial charge in [-0.2, -0.15) is 0 Å². The van der Waals surface area contributed by atoms with Crippen LogP contribution in [0.25, 0.3) is 6.08 Å². The maximum Gasteiger partial charge on any atom is 0.160 e. The summed E-state index contributed by atoms with van der Waals surface area (Å²) in [5.74, 6) is 0.215. The molecule has 0 aliphatic heterocycles. The van der Waals surface area contributed by atoms with Gasteiger partial charge in [0.15, 0.2) is 5.78 Å². The van der Waals surface area contributed by atoms with Crippen LogP contribution in [0.1, 0.15) is 26.3 Å². The highest BCUT2D eigenvalue weighted by Gasteiger charge is 2.29. The van der Waals surface area contributed by atoms with Crippen LogP contribution in [-0.4, -0.2) is 31.3 Å². The molecule has 1 rings (SSSR count). The van der Waals surface area contributed by atoms with Crippen molar-refractivity contribution < 1.29 is 4.79 Å². The number of hydrogen-bond acceptors (Lipinski definition) is 2. The Labute approximate surface area is 129 Å². The topological polar surface area (TPSA) is 20.3 Å². The van der Waals surface area contributed by atoms with Gasteiger partial charge >= 0.3 is 0 Å². The number of carbonyl (C=O) groups excluding carboxylic acids is 1. The number of carbonyl (C=O) groups is 1. The standard InChI is InChI=1S/C17H25NO.ClH/c1-17(2,3)15(13-18(4)5)16(19)12-11-14-9-7-6-8-10-14;/h6-12,15H,13H2,1-5H3;1H. The van der Waals surface area contributed by atoms with E-state index >= 15 is 0 Å². The van der Waals surface area contributed by atoms with E-state index in [9.17, 15) is 4.79 Å². The highest BCUT2D eigenvalue weighted by molar-refractivity contribution is 5.96. The first-order valence-electron chi connectivity index (χ1n) is 6.72. The predicted octanol–water partition coefficient (Wildman–Crippen LogP) is 3.91. The first kappa shape index (κ1) is 18.9. The zero-order chi connectivity index (χ0) is 14.5. The lowest BCUT2D eigenvalue weighted by molar-refractivity contribution is -0.121. The molecule has 1 unspecified atom stereocenters. The van der Waals surface area contributed by atoms with E-state index in [2.05, 4.69) is 25.7 Å². The molecule has 0 aromatic heterocycles. The quantitative estimate of drug-likeness (QED) is 0.768. The van der Waals surface area contributed by atoms with Gasteiger partial charge in [-0.05, 0) is 31.1 Å². The molecule has 0 amide bonds. The van der Waals surface area contributed by atoms with E-state index in [1.54, 1.807) is 6.08 Å². The number of benzene rings is 1. The molecule has 0 heterocycles. The number of rotatable bonds is 5. The molecule has 0 bridgehead atoms. The second-order valence-electron chi connectivity index (χ2n) is 6.33. The Morgan fingerprint density at radius 2 is 1.75 bits per heavy atom. The van der Waals surface area contributed by atoms with Gasteiger partial charge in [-0.3, -0.25) is 4.79 Å². The summed E-state index contributed by atoms with van der Waals surface area (Å²) < 4.78 is 0. The van der Waals surface area contributed by atoms with Crippen molar-refractivity contribution in [3.8, 4) is 0 Å². The van der Waals surface area contributed by atoms with Crippen molar-refractivity contribution in [3.63, 3.8) is 0 Å². The minimum absolute atomic E-state index is 0. The van der Waals surface area contributed by atoms with Crippen molar-refractivity contribution in [2.45, 2.75) is 20.8 Å². The summed E-state index contributed by atoms with van der Waals surface area (Å²) >= 11 is 0. The Balaban J connectivity index is 0.00000361. The molecule has 1 atom stereocenters. The molecule has 0 saturated carbocycles. The van der Waals surface area contributed by atoms with Crippen LogP contribution in [0.5, 0.6) is 0 Å². The highest BCUT2D eigenvalue weighted by Crippen LogP contribution is 2.27. The van der Waals surface area contributed by atoms with Crippen molar-refractivity contribution in [3.05, 3.63) is 42.0 Å². The van der Waals surface area contributed by atoms with Crippen molar-refractivity contribution in [1.82, 2.24) is 4.90 Å². The van der Waals surface area contributed by atoms with Crippen LogP contribution < -0.4 is 0 Å². The normalized spacial score (nSPS) is 13.3. The minimum atomic E-state index is -0.0254. The van der Waals surface area contributed by atoms with Crippen LogP contribution in [0.2, 0.25) is 0 Å². The SMILES string of the molecule is CN(C)CC(C(=O)C=Cc1ccccc1)C(C)(C)C.Cl. The molecule has 3 heteroatoms. The monoisotopic (exact) mass is 295 g/mol. The molecule has 0 radical (unpaired) electrons. The van der Waals surface area contributed by atoms with Gasteiger partial charge in [0.2, 0.25) is 0 Å². The average Bonchev–Trinajstić information content (AvgIpc) is 2.33. The van der Waals surface area contributed by atoms with E-state index in [4.69, 9.17) is 0 Å². The molecule has 0 spiro atoms. The Bertz CT molecular complexity index is 432. The van der Waals surface area contributed by atoms with Crippen LogP contribution in [0, 0.1) is 11.3 Å². The fourth-order valence-corrected chi connectivity index (χ4v) is 2.01. The molecule has 2 nitrogen and oxygen atoms in total. The van der Waals surface area contributed by atoms with Gasteiger partial charge in [-0.15, -0.1) is 12.4 Å². The highest BCUT2D eigenvalue weighted by atomic mass is 35.5. The lowest BCUT2D eigenvalue weighted by Crippen LogP contribution is -2.36. The third-order valence-electron chi connectivity index (χ3n) is 3.18. The zero-order valence-electron chi connectivity index (χ0n) is 13.1. The summed E-state index contributed by atoms with van der Waals surface area (Å²) in [7, 11) is 4.01. The Morgan fingerprint density at radius 1 is 1.20 bits per heavy atom. The molecule has 20 heavy (non-hydrogen) atoms. The van der Waals surface area contributed by atoms with Crippen molar-refractivity contribution in [2.24, 2.45) is 11.3 Å². The van der Waals surface area contributed by atoms with Gasteiger partial charge in [-0.25, -0.2) is 0 Å². The molecule has 0 fully saturated rings. The predicted molar refractivity (Wildman–Crippen MR) is 89.2 cm³/mol. The van der Waals surface area contributed by atoms with Crippen LogP contribution in [0.3, 0.4) is 0 Å². The summed E-state index contributed by atoms with van der Waals surface area (Å²) in [5.41, 5.74) is 1.04. The van der Waals surface area contributed by atoms with Gasteiger partial charge in [0.25, 0.3) is 0 Å². The molecule has 1 aromatic rings. The zero-order valence-corrected chi connectivity index (χ0v) is 13.9. The number of hydrogen-bond donors (Lipinski definition) is 0. The Hall–Kier alpha value is -1.12. The molecular formula is C17H26ClNO. The lowest BCUT2D eigenvalue weighted by Gasteiger charge is -2.30. The number of halogens is 1. The van der Waals surface area contributed by atoms with E-state index in [0.717, 1.165) is 12.1 Å². The maximum atomic E-state index is 12.4. The largest absolute Gasteiger partial charge is 0.309 e. The van der Waals surface area contributed by atoms with Crippen molar-refractivity contribution >= 4 is 24.3 Å². The Kier molecular flexibility index (Phi) is 7.77. The smallest absolute Gasteiger partial charge is 0.160 e. The third kappa shape index (κ3) is 6.36. The number of ketones is 1. The summed E-state index contributed by atoms with van der Waals surface area (Å²) in [5, 5.41) is 0. The molecular weight excluding hydrogens is 270 g/mol. The van der Waals surface area contributed by atoms with Crippen molar-refractivity contribution in [2.75, 3.05) is 20.6 Å². The summed E-state index contributed by atoms with van der Waals surface area (Å²) in [6, 6.07) is 9.93. The van der Waals surface area contributed by atoms with Gasteiger partial charge in [0.05, 0.1) is 0 Å². The third-order valence-corrected chi connectivity index (χ3v) is 3.18. The van der Waals surface area contributed by atoms with Crippen LogP contribution in [-0.2, 0) is 4.79 Å². The van der Waals surface area contributed by atoms with Gasteiger partial charge in [0, 0.05) is 12.5 Å². The average molecular weight is 296 g/mol. The first-order chi connectivity index (χ1) is 8.80. The van der Waals surface area contributed by atoms with Gasteiger partial charge in [0.1, 0.15) is 0 Å². The fraction of sp³-hybridized carbons (Fsp3) is 0.471. The van der Waals surface area contributed by atoms with E-state index in [0.29, 0.717) is 0 Å². The molecule has 1 aromatic carbocycles. The summed E-state index contributed by atoms with van der Waals surface area (Å²) in [6.45, 7) is 7.14. The molecule has 112 valence electrons. The molecule has 0 aliphatic carbocycles. The van der Waals surface area contributed by atoms with Crippen LogP contribution in [0.4, 0.5) is 0 Å². The van der Waals surface area contributed by atoms with E-state index in [1.165, 1.54) is 0 Å². The lowest BCUT2D eigenvalue weighted by atomic mass is 9.77. The van der Waals surface area contributed by atoms with E-state index in [-0.39, 0.29) is 29.5 Å². The van der Waals surface area contributed by atoms with Crippen LogP contribution in [0.15, 0.2) is 36.4 Å². The molecule has 0 aliphatic rings. The number of allylic oxidation sites excluding steroid dienone is 1. The van der Waals surface area contributed by atoms with Gasteiger partial charge in [-0.1, -0.05) is 57.2 Å². The van der Waals surface area contributed by atoms with Crippen LogP contribution >= 0.6 is 12.4 Å². The second-order valence-corrected chi connectivity index (χ2v) is 6.33. The van der Waals surface area contributed by atoms with E-state index in [1.807, 2.05) is 50.5 Å².